The highest BCUT2D eigenvalue weighted by Crippen LogP contribution is 2.35. The number of aromatic nitrogens is 2. The summed E-state index contributed by atoms with van der Waals surface area (Å²) < 4.78 is 6.33. The van der Waals surface area contributed by atoms with E-state index in [2.05, 4.69) is 5.32 Å². The highest BCUT2D eigenvalue weighted by molar-refractivity contribution is 7.99. The topological polar surface area (TPSA) is 90.3 Å². The molecule has 1 aliphatic carbocycles. The summed E-state index contributed by atoms with van der Waals surface area (Å²) in [6, 6.07) is 14.2. The molecule has 0 atom stereocenters. The molecule has 1 N–H and O–H groups in total. The fourth-order valence-electron chi connectivity index (χ4n) is 4.34. The van der Waals surface area contributed by atoms with Gasteiger partial charge in [0.1, 0.15) is 4.83 Å². The number of thioether (sulfide) groups is 1. The van der Waals surface area contributed by atoms with Gasteiger partial charge in [-0.25, -0.2) is 9.78 Å². The number of rotatable bonds is 6. The van der Waals surface area contributed by atoms with Crippen molar-refractivity contribution < 1.29 is 14.3 Å². The normalized spacial score (nSPS) is 12.8. The number of hydrogen-bond acceptors (Lipinski definition) is 7. The van der Waals surface area contributed by atoms with Gasteiger partial charge in [-0.2, -0.15) is 0 Å². The molecule has 184 valence electrons. The van der Waals surface area contributed by atoms with Crippen LogP contribution in [0.3, 0.4) is 0 Å². The number of carbonyl (C=O) groups excluding carboxylic acids is 2. The Bertz CT molecular complexity index is 1510. The van der Waals surface area contributed by atoms with Gasteiger partial charge in [0.05, 0.1) is 29.5 Å². The van der Waals surface area contributed by atoms with Gasteiger partial charge in [0.15, 0.2) is 5.16 Å². The van der Waals surface area contributed by atoms with Crippen molar-refractivity contribution in [1.82, 2.24) is 9.55 Å². The maximum Gasteiger partial charge on any atom is 0.337 e. The number of anilines is 1. The molecule has 0 saturated heterocycles. The van der Waals surface area contributed by atoms with Gasteiger partial charge < -0.3 is 10.1 Å². The molecule has 0 saturated carbocycles. The highest BCUT2D eigenvalue weighted by atomic mass is 32.2. The van der Waals surface area contributed by atoms with Gasteiger partial charge in [0, 0.05) is 10.6 Å². The smallest absolute Gasteiger partial charge is 0.337 e. The van der Waals surface area contributed by atoms with Crippen LogP contribution in [0.2, 0.25) is 0 Å². The maximum atomic E-state index is 13.8. The second-order valence-corrected chi connectivity index (χ2v) is 10.7. The molecule has 0 spiro atoms. The number of amides is 1. The molecule has 36 heavy (non-hydrogen) atoms. The predicted octanol–water partition coefficient (Wildman–Crippen LogP) is 5.15. The van der Waals surface area contributed by atoms with Crippen molar-refractivity contribution in [3.8, 4) is 5.69 Å². The van der Waals surface area contributed by atoms with Crippen molar-refractivity contribution in [2.24, 2.45) is 0 Å². The zero-order chi connectivity index (χ0) is 25.2. The first-order valence-electron chi connectivity index (χ1n) is 11.7. The number of carbonyl (C=O) groups is 2. The number of benzene rings is 2. The number of hydrogen-bond donors (Lipinski definition) is 1. The molecule has 2 aromatic heterocycles. The molecule has 1 aliphatic rings. The first-order chi connectivity index (χ1) is 17.4. The van der Waals surface area contributed by atoms with Crippen LogP contribution in [-0.2, 0) is 22.4 Å². The van der Waals surface area contributed by atoms with Crippen molar-refractivity contribution in [2.75, 3.05) is 18.2 Å². The van der Waals surface area contributed by atoms with Crippen LogP contribution >= 0.6 is 23.1 Å². The van der Waals surface area contributed by atoms with Crippen molar-refractivity contribution in [2.45, 2.75) is 37.8 Å². The summed E-state index contributed by atoms with van der Waals surface area (Å²) in [6.45, 7) is 2.00. The number of nitrogens with zero attached hydrogens (tertiary/aromatic N) is 2. The van der Waals surface area contributed by atoms with E-state index < -0.39 is 5.97 Å². The zero-order valence-corrected chi connectivity index (χ0v) is 21.6. The first-order valence-corrected chi connectivity index (χ1v) is 13.5. The minimum atomic E-state index is -0.436. The van der Waals surface area contributed by atoms with Gasteiger partial charge in [0.2, 0.25) is 5.91 Å². The molecule has 0 aliphatic heterocycles. The van der Waals surface area contributed by atoms with Crippen LogP contribution in [0, 0.1) is 6.92 Å². The average molecular weight is 520 g/mol. The fourth-order valence-corrected chi connectivity index (χ4v) is 6.45. The lowest BCUT2D eigenvalue weighted by Gasteiger charge is -2.14. The van der Waals surface area contributed by atoms with Crippen molar-refractivity contribution in [1.29, 1.82) is 0 Å². The largest absolute Gasteiger partial charge is 0.465 e. The van der Waals surface area contributed by atoms with Gasteiger partial charge in [-0.3, -0.25) is 14.2 Å². The predicted molar refractivity (Wildman–Crippen MR) is 144 cm³/mol. The van der Waals surface area contributed by atoms with Crippen molar-refractivity contribution in [3.63, 3.8) is 0 Å². The van der Waals surface area contributed by atoms with Crippen LogP contribution < -0.4 is 10.9 Å². The Balaban J connectivity index is 1.44. The molecular formula is C27H25N3O4S2. The molecule has 1 amide bonds. The van der Waals surface area contributed by atoms with E-state index in [0.717, 1.165) is 52.7 Å². The quantitative estimate of drug-likeness (QED) is 0.215. The fraction of sp³-hybridized carbons (Fsp3) is 0.259. The number of aryl methyl sites for hydroxylation is 3. The van der Waals surface area contributed by atoms with E-state index >= 15 is 0 Å². The molecule has 0 unspecified atom stereocenters. The molecule has 7 nitrogen and oxygen atoms in total. The Labute approximate surface area is 216 Å². The minimum Gasteiger partial charge on any atom is -0.465 e. The maximum absolute atomic E-state index is 13.8. The lowest BCUT2D eigenvalue weighted by atomic mass is 9.97. The molecule has 2 aromatic carbocycles. The Morgan fingerprint density at radius 3 is 2.53 bits per heavy atom. The van der Waals surface area contributed by atoms with E-state index in [1.54, 1.807) is 40.2 Å². The molecule has 5 rings (SSSR count). The SMILES string of the molecule is COC(=O)c1ccc(NC(=O)CSc2nc3sc4c(c3c(=O)n2-c2ccc(C)cc2)CCCC4)cc1. The molecule has 0 radical (unpaired) electrons. The van der Waals surface area contributed by atoms with Gasteiger partial charge in [0.25, 0.3) is 5.56 Å². The lowest BCUT2D eigenvalue weighted by molar-refractivity contribution is -0.113. The number of esters is 1. The van der Waals surface area contributed by atoms with Crippen molar-refractivity contribution in [3.05, 3.63) is 80.5 Å². The molecular weight excluding hydrogens is 494 g/mol. The first kappa shape index (κ1) is 24.3. The van der Waals surface area contributed by atoms with Crippen LogP contribution in [0.15, 0.2) is 58.5 Å². The summed E-state index contributed by atoms with van der Waals surface area (Å²) in [7, 11) is 1.32. The average Bonchev–Trinajstić information content (AvgIpc) is 3.27. The Hall–Kier alpha value is -3.43. The second kappa shape index (κ2) is 10.3. The Kier molecular flexibility index (Phi) is 6.93. The third-order valence-electron chi connectivity index (χ3n) is 6.17. The summed E-state index contributed by atoms with van der Waals surface area (Å²) in [6.07, 6.45) is 4.11. The van der Waals surface area contributed by atoms with Gasteiger partial charge in [-0.05, 0) is 74.6 Å². The van der Waals surface area contributed by atoms with Crippen LogP contribution in [-0.4, -0.2) is 34.3 Å². The van der Waals surface area contributed by atoms with Gasteiger partial charge in [-0.1, -0.05) is 29.5 Å². The van der Waals surface area contributed by atoms with Crippen LogP contribution in [0.5, 0.6) is 0 Å². The molecule has 4 aromatic rings. The standard InChI is InChI=1S/C27H25N3O4S2/c1-16-7-13-19(14-8-16)30-25(32)23-20-5-3-4-6-21(20)36-24(23)29-27(30)35-15-22(31)28-18-11-9-17(10-12-18)26(33)34-2/h7-14H,3-6,15H2,1-2H3,(H,28,31). The van der Waals surface area contributed by atoms with Crippen LogP contribution in [0.4, 0.5) is 5.69 Å². The number of fused-ring (bicyclic) bond motifs is 3. The number of methoxy groups -OCH3 is 1. The Morgan fingerprint density at radius 1 is 1.08 bits per heavy atom. The Morgan fingerprint density at radius 2 is 1.81 bits per heavy atom. The molecule has 0 fully saturated rings. The second-order valence-electron chi connectivity index (χ2n) is 8.67. The zero-order valence-electron chi connectivity index (χ0n) is 20.0. The minimum absolute atomic E-state index is 0.0770. The van der Waals surface area contributed by atoms with E-state index in [0.29, 0.717) is 16.4 Å². The van der Waals surface area contributed by atoms with E-state index in [1.807, 2.05) is 31.2 Å². The number of nitrogens with one attached hydrogen (secondary N) is 1. The third-order valence-corrected chi connectivity index (χ3v) is 8.30. The summed E-state index contributed by atoms with van der Waals surface area (Å²) in [4.78, 5) is 45.0. The van der Waals surface area contributed by atoms with E-state index in [9.17, 15) is 14.4 Å². The summed E-state index contributed by atoms with van der Waals surface area (Å²) >= 11 is 2.83. The number of ether oxygens (including phenoxy) is 1. The van der Waals surface area contributed by atoms with Crippen LogP contribution in [0.25, 0.3) is 15.9 Å². The van der Waals surface area contributed by atoms with Crippen LogP contribution in [0.1, 0.15) is 39.2 Å². The summed E-state index contributed by atoms with van der Waals surface area (Å²) in [5.74, 6) is -0.594. The number of thiophene rings is 1. The molecule has 9 heteroatoms. The van der Waals surface area contributed by atoms with E-state index in [1.165, 1.54) is 23.7 Å². The van der Waals surface area contributed by atoms with Gasteiger partial charge in [-0.15, -0.1) is 11.3 Å². The van der Waals surface area contributed by atoms with E-state index in [-0.39, 0.29) is 17.2 Å². The highest BCUT2D eigenvalue weighted by Gasteiger charge is 2.23. The third kappa shape index (κ3) is 4.81. The van der Waals surface area contributed by atoms with E-state index in [4.69, 9.17) is 9.72 Å². The van der Waals surface area contributed by atoms with Gasteiger partial charge >= 0.3 is 5.97 Å². The molecule has 0 bridgehead atoms. The molecule has 2 heterocycles. The summed E-state index contributed by atoms with van der Waals surface area (Å²) in [5.41, 5.74) is 3.87. The monoisotopic (exact) mass is 519 g/mol. The lowest BCUT2D eigenvalue weighted by Crippen LogP contribution is -2.23. The summed E-state index contributed by atoms with van der Waals surface area (Å²) in [5, 5.41) is 4.04. The van der Waals surface area contributed by atoms with Crippen molar-refractivity contribution >= 4 is 50.9 Å².